The van der Waals surface area contributed by atoms with Gasteiger partial charge in [0.2, 0.25) is 0 Å². The fourth-order valence-corrected chi connectivity index (χ4v) is 2.43. The number of para-hydroxylation sites is 1. The zero-order valence-electron chi connectivity index (χ0n) is 13.0. The molecule has 0 spiro atoms. The van der Waals surface area contributed by atoms with Crippen LogP contribution in [0.15, 0.2) is 45.6 Å². The molecule has 1 heterocycles. The summed E-state index contributed by atoms with van der Waals surface area (Å²) in [6.45, 7) is 1.84. The first-order valence-electron chi connectivity index (χ1n) is 7.06. The van der Waals surface area contributed by atoms with Gasteiger partial charge >= 0.3 is 5.76 Å². The maximum absolute atomic E-state index is 12.5. The summed E-state index contributed by atoms with van der Waals surface area (Å²) < 4.78 is 11.7. The summed E-state index contributed by atoms with van der Waals surface area (Å²) in [5.41, 5.74) is 2.97. The van der Waals surface area contributed by atoms with Crippen molar-refractivity contribution in [2.75, 3.05) is 12.4 Å². The number of carbonyl (C=O) groups is 1. The van der Waals surface area contributed by atoms with Gasteiger partial charge in [-0.25, -0.2) is 4.79 Å². The van der Waals surface area contributed by atoms with Crippen molar-refractivity contribution in [3.05, 3.63) is 58.1 Å². The topological polar surface area (TPSA) is 73.5 Å². The van der Waals surface area contributed by atoms with Gasteiger partial charge in [-0.3, -0.25) is 9.36 Å². The molecule has 0 bridgehead atoms. The largest absolute Gasteiger partial charge is 0.496 e. The first-order valence-corrected chi connectivity index (χ1v) is 7.06. The lowest BCUT2D eigenvalue weighted by molar-refractivity contribution is 0.102. The molecule has 1 amide bonds. The van der Waals surface area contributed by atoms with E-state index >= 15 is 0 Å². The second-order valence-electron chi connectivity index (χ2n) is 5.22. The Bertz CT molecular complexity index is 953. The second kappa shape index (κ2) is 5.64. The van der Waals surface area contributed by atoms with E-state index in [9.17, 15) is 9.59 Å². The standard InChI is InChI=1S/C17H16N2O4/c1-10-8-15-13(19(2)17(21)23-15)9-12(10)18-16(20)11-6-4-5-7-14(11)22-3/h4-9H,1-3H3,(H,18,20). The molecular formula is C17H16N2O4. The van der Waals surface area contributed by atoms with Crippen LogP contribution in [0.4, 0.5) is 5.69 Å². The Balaban J connectivity index is 2.01. The number of nitrogens with zero attached hydrogens (tertiary/aromatic N) is 1. The van der Waals surface area contributed by atoms with E-state index < -0.39 is 5.76 Å². The molecule has 118 valence electrons. The normalized spacial score (nSPS) is 10.7. The van der Waals surface area contributed by atoms with E-state index in [1.807, 2.05) is 6.92 Å². The molecule has 0 saturated heterocycles. The highest BCUT2D eigenvalue weighted by molar-refractivity contribution is 6.07. The number of hydrogen-bond acceptors (Lipinski definition) is 4. The highest BCUT2D eigenvalue weighted by Gasteiger charge is 2.15. The van der Waals surface area contributed by atoms with E-state index in [2.05, 4.69) is 5.32 Å². The number of hydrogen-bond donors (Lipinski definition) is 1. The van der Waals surface area contributed by atoms with Crippen LogP contribution in [0, 0.1) is 6.92 Å². The molecule has 3 rings (SSSR count). The number of methoxy groups -OCH3 is 1. The summed E-state index contributed by atoms with van der Waals surface area (Å²) in [6.07, 6.45) is 0. The summed E-state index contributed by atoms with van der Waals surface area (Å²) in [5.74, 6) is -0.217. The highest BCUT2D eigenvalue weighted by Crippen LogP contribution is 2.25. The van der Waals surface area contributed by atoms with Gasteiger partial charge in [-0.05, 0) is 36.8 Å². The number of amides is 1. The third kappa shape index (κ3) is 2.59. The summed E-state index contributed by atoms with van der Waals surface area (Å²) in [4.78, 5) is 24.1. The molecule has 3 aromatic rings. The number of carbonyl (C=O) groups excluding carboxylic acids is 1. The van der Waals surface area contributed by atoms with Crippen LogP contribution < -0.4 is 15.8 Å². The fourth-order valence-electron chi connectivity index (χ4n) is 2.43. The number of benzene rings is 2. The summed E-state index contributed by atoms with van der Waals surface area (Å²) >= 11 is 0. The van der Waals surface area contributed by atoms with Crippen molar-refractivity contribution in [2.24, 2.45) is 7.05 Å². The van der Waals surface area contributed by atoms with Crippen molar-refractivity contribution in [2.45, 2.75) is 6.92 Å². The van der Waals surface area contributed by atoms with Crippen molar-refractivity contribution in [1.82, 2.24) is 4.57 Å². The van der Waals surface area contributed by atoms with Gasteiger partial charge in [-0.1, -0.05) is 12.1 Å². The summed E-state index contributed by atoms with van der Waals surface area (Å²) in [5, 5.41) is 2.85. The Morgan fingerprint density at radius 2 is 2.00 bits per heavy atom. The van der Waals surface area contributed by atoms with Crippen LogP contribution in [0.1, 0.15) is 15.9 Å². The molecule has 0 saturated carbocycles. The highest BCUT2D eigenvalue weighted by atomic mass is 16.5. The van der Waals surface area contributed by atoms with E-state index in [1.165, 1.54) is 11.7 Å². The maximum atomic E-state index is 12.5. The Hall–Kier alpha value is -3.02. The maximum Gasteiger partial charge on any atom is 0.419 e. The van der Waals surface area contributed by atoms with Crippen LogP contribution >= 0.6 is 0 Å². The van der Waals surface area contributed by atoms with Crippen molar-refractivity contribution < 1.29 is 13.9 Å². The lowest BCUT2D eigenvalue weighted by Crippen LogP contribution is -2.14. The van der Waals surface area contributed by atoms with Gasteiger partial charge in [-0.2, -0.15) is 0 Å². The van der Waals surface area contributed by atoms with E-state index in [4.69, 9.17) is 9.15 Å². The van der Waals surface area contributed by atoms with Gasteiger partial charge in [0.25, 0.3) is 5.91 Å². The Labute approximate surface area is 132 Å². The van der Waals surface area contributed by atoms with Gasteiger partial charge in [0.05, 0.1) is 18.2 Å². The molecule has 0 aliphatic rings. The first kappa shape index (κ1) is 14.9. The second-order valence-corrected chi connectivity index (χ2v) is 5.22. The number of nitrogens with one attached hydrogen (secondary N) is 1. The van der Waals surface area contributed by atoms with Crippen molar-refractivity contribution >= 4 is 22.7 Å². The van der Waals surface area contributed by atoms with Crippen molar-refractivity contribution in [1.29, 1.82) is 0 Å². The fraction of sp³-hybridized carbons (Fsp3) is 0.176. The molecule has 0 radical (unpaired) electrons. The number of rotatable bonds is 3. The quantitative estimate of drug-likeness (QED) is 0.807. The lowest BCUT2D eigenvalue weighted by atomic mass is 10.1. The van der Waals surface area contributed by atoms with Crippen LogP contribution in [0.5, 0.6) is 5.75 Å². The van der Waals surface area contributed by atoms with E-state index in [0.717, 1.165) is 5.56 Å². The van der Waals surface area contributed by atoms with E-state index in [1.54, 1.807) is 43.4 Å². The van der Waals surface area contributed by atoms with Gasteiger partial charge in [-0.15, -0.1) is 0 Å². The third-order valence-corrected chi connectivity index (χ3v) is 3.74. The average Bonchev–Trinajstić information content (AvgIpc) is 2.82. The lowest BCUT2D eigenvalue weighted by Gasteiger charge is -2.11. The number of aryl methyl sites for hydroxylation is 2. The molecule has 23 heavy (non-hydrogen) atoms. The molecule has 1 aromatic heterocycles. The Kier molecular flexibility index (Phi) is 3.65. The van der Waals surface area contributed by atoms with E-state index in [0.29, 0.717) is 28.1 Å². The smallest absolute Gasteiger partial charge is 0.419 e. The van der Waals surface area contributed by atoms with Crippen molar-refractivity contribution in [3.63, 3.8) is 0 Å². The molecule has 0 fully saturated rings. The number of anilines is 1. The van der Waals surface area contributed by atoms with Crippen LogP contribution in [0.25, 0.3) is 11.1 Å². The monoisotopic (exact) mass is 312 g/mol. The number of ether oxygens (including phenoxy) is 1. The molecule has 2 aromatic carbocycles. The third-order valence-electron chi connectivity index (χ3n) is 3.74. The molecule has 1 N–H and O–H groups in total. The predicted octanol–water partition coefficient (Wildman–Crippen LogP) is 2.70. The molecule has 0 atom stereocenters. The molecule has 6 heteroatoms. The minimum atomic E-state index is -0.437. The Morgan fingerprint density at radius 3 is 2.74 bits per heavy atom. The molecule has 0 aliphatic heterocycles. The van der Waals surface area contributed by atoms with Crippen LogP contribution in [0.3, 0.4) is 0 Å². The number of fused-ring (bicyclic) bond motifs is 1. The van der Waals surface area contributed by atoms with Gasteiger partial charge in [0.1, 0.15) is 5.75 Å². The van der Waals surface area contributed by atoms with Crippen LogP contribution in [-0.4, -0.2) is 17.6 Å². The SMILES string of the molecule is COc1ccccc1C(=O)Nc1cc2c(cc1C)oc(=O)n2C. The zero-order chi connectivity index (χ0) is 16.6. The molecule has 0 unspecified atom stereocenters. The number of aromatic nitrogens is 1. The predicted molar refractivity (Wildman–Crippen MR) is 87.1 cm³/mol. The van der Waals surface area contributed by atoms with Crippen molar-refractivity contribution in [3.8, 4) is 5.75 Å². The Morgan fingerprint density at radius 1 is 1.26 bits per heavy atom. The molecule has 6 nitrogen and oxygen atoms in total. The minimum absolute atomic E-state index is 0.279. The van der Waals surface area contributed by atoms with Gasteiger partial charge < -0.3 is 14.5 Å². The molecular weight excluding hydrogens is 296 g/mol. The van der Waals surface area contributed by atoms with Crippen LogP contribution in [0.2, 0.25) is 0 Å². The van der Waals surface area contributed by atoms with E-state index in [-0.39, 0.29) is 5.91 Å². The summed E-state index contributed by atoms with van der Waals surface area (Å²) in [6, 6.07) is 10.4. The van der Waals surface area contributed by atoms with Crippen LogP contribution in [-0.2, 0) is 7.05 Å². The number of oxazole rings is 1. The van der Waals surface area contributed by atoms with Gasteiger partial charge in [0, 0.05) is 12.7 Å². The average molecular weight is 312 g/mol. The first-order chi connectivity index (χ1) is 11.0. The summed E-state index contributed by atoms with van der Waals surface area (Å²) in [7, 11) is 3.14. The zero-order valence-corrected chi connectivity index (χ0v) is 13.0. The minimum Gasteiger partial charge on any atom is -0.496 e. The molecule has 0 aliphatic carbocycles. The van der Waals surface area contributed by atoms with Gasteiger partial charge in [0.15, 0.2) is 5.58 Å².